The lowest BCUT2D eigenvalue weighted by Gasteiger charge is -2.26. The zero-order valence-corrected chi connectivity index (χ0v) is 14.0. The second-order valence-electron chi connectivity index (χ2n) is 5.91. The van der Waals surface area contributed by atoms with Crippen molar-refractivity contribution in [2.45, 2.75) is 6.54 Å². The molecule has 0 aliphatic carbocycles. The first-order valence-corrected chi connectivity index (χ1v) is 8.24. The van der Waals surface area contributed by atoms with Crippen LogP contribution in [0.5, 0.6) is 0 Å². The molecular weight excluding hydrogens is 342 g/mol. The zero-order valence-electron chi connectivity index (χ0n) is 14.0. The Morgan fingerprint density at radius 1 is 0.962 bits per heavy atom. The van der Waals surface area contributed by atoms with Gasteiger partial charge in [0.15, 0.2) is 11.6 Å². The first-order chi connectivity index (χ1) is 12.5. The summed E-state index contributed by atoms with van der Waals surface area (Å²) in [5, 5.41) is 2.63. The van der Waals surface area contributed by atoms with Crippen LogP contribution in [-0.2, 0) is 11.3 Å². The summed E-state index contributed by atoms with van der Waals surface area (Å²) in [7, 11) is 0. The average Bonchev–Trinajstić information content (AvgIpc) is 2.68. The van der Waals surface area contributed by atoms with E-state index in [0.29, 0.717) is 31.9 Å². The van der Waals surface area contributed by atoms with Crippen molar-refractivity contribution in [3.63, 3.8) is 0 Å². The van der Waals surface area contributed by atoms with Crippen molar-refractivity contribution in [1.29, 1.82) is 0 Å². The van der Waals surface area contributed by atoms with Crippen molar-refractivity contribution in [2.75, 3.05) is 26.3 Å². The summed E-state index contributed by atoms with van der Waals surface area (Å²) >= 11 is 0. The molecule has 2 amide bonds. The highest BCUT2D eigenvalue weighted by Crippen LogP contribution is 2.11. The first kappa shape index (κ1) is 18.0. The SMILES string of the molecule is O=C(NCc1ccc(C(=O)N2CCOCC2)cc1)c1ccc(F)c(F)c1. The maximum Gasteiger partial charge on any atom is 0.254 e. The third-order valence-electron chi connectivity index (χ3n) is 4.13. The van der Waals surface area contributed by atoms with Crippen molar-refractivity contribution in [3.05, 3.63) is 70.8 Å². The smallest absolute Gasteiger partial charge is 0.254 e. The van der Waals surface area contributed by atoms with E-state index >= 15 is 0 Å². The number of amides is 2. The highest BCUT2D eigenvalue weighted by molar-refractivity contribution is 5.95. The molecule has 0 bridgehead atoms. The number of rotatable bonds is 4. The van der Waals surface area contributed by atoms with Gasteiger partial charge in [-0.2, -0.15) is 0 Å². The van der Waals surface area contributed by atoms with Gasteiger partial charge < -0.3 is 15.0 Å². The zero-order chi connectivity index (χ0) is 18.5. The van der Waals surface area contributed by atoms with Crippen molar-refractivity contribution in [2.24, 2.45) is 0 Å². The number of carbonyl (C=O) groups is 2. The molecule has 1 heterocycles. The highest BCUT2D eigenvalue weighted by atomic mass is 19.2. The predicted octanol–water partition coefficient (Wildman–Crippen LogP) is 2.37. The van der Waals surface area contributed by atoms with Crippen molar-refractivity contribution < 1.29 is 23.1 Å². The van der Waals surface area contributed by atoms with Crippen molar-refractivity contribution >= 4 is 11.8 Å². The molecule has 2 aromatic rings. The second-order valence-corrected chi connectivity index (χ2v) is 5.91. The molecule has 1 N–H and O–H groups in total. The molecule has 7 heteroatoms. The molecule has 1 saturated heterocycles. The fraction of sp³-hybridized carbons (Fsp3) is 0.263. The number of hydrogen-bond acceptors (Lipinski definition) is 3. The summed E-state index contributed by atoms with van der Waals surface area (Å²) in [6.07, 6.45) is 0. The van der Waals surface area contributed by atoms with E-state index in [0.717, 1.165) is 17.7 Å². The molecular formula is C19H18F2N2O3. The van der Waals surface area contributed by atoms with Gasteiger partial charge >= 0.3 is 0 Å². The van der Waals surface area contributed by atoms with Crippen LogP contribution in [0.1, 0.15) is 26.3 Å². The Kier molecular flexibility index (Phi) is 5.58. The Bertz CT molecular complexity index is 803. The summed E-state index contributed by atoms with van der Waals surface area (Å²) in [5.74, 6) is -2.62. The van der Waals surface area contributed by atoms with Crippen LogP contribution in [0.4, 0.5) is 8.78 Å². The summed E-state index contributed by atoms with van der Waals surface area (Å²) in [4.78, 5) is 26.1. The van der Waals surface area contributed by atoms with E-state index < -0.39 is 17.5 Å². The topological polar surface area (TPSA) is 58.6 Å². The summed E-state index contributed by atoms with van der Waals surface area (Å²) in [6.45, 7) is 2.44. The number of hydrogen-bond donors (Lipinski definition) is 1. The van der Waals surface area contributed by atoms with Crippen LogP contribution in [0.15, 0.2) is 42.5 Å². The summed E-state index contributed by atoms with van der Waals surface area (Å²) < 4.78 is 31.3. The van der Waals surface area contributed by atoms with Crippen LogP contribution in [0.2, 0.25) is 0 Å². The standard InChI is InChI=1S/C19H18F2N2O3/c20-16-6-5-15(11-17(16)21)18(24)22-12-13-1-3-14(4-2-13)19(25)23-7-9-26-10-8-23/h1-6,11H,7-10,12H2,(H,22,24). The fourth-order valence-electron chi connectivity index (χ4n) is 2.64. The van der Waals surface area contributed by atoms with Crippen LogP contribution in [0.3, 0.4) is 0 Å². The van der Waals surface area contributed by atoms with E-state index in [9.17, 15) is 18.4 Å². The lowest BCUT2D eigenvalue weighted by molar-refractivity contribution is 0.0303. The molecule has 136 valence electrons. The summed E-state index contributed by atoms with van der Waals surface area (Å²) in [5.41, 5.74) is 1.41. The molecule has 5 nitrogen and oxygen atoms in total. The Balaban J connectivity index is 1.57. The molecule has 3 rings (SSSR count). The molecule has 2 aromatic carbocycles. The lowest BCUT2D eigenvalue weighted by Crippen LogP contribution is -2.40. The highest BCUT2D eigenvalue weighted by Gasteiger charge is 2.18. The minimum absolute atomic E-state index is 0.0445. The molecule has 0 radical (unpaired) electrons. The average molecular weight is 360 g/mol. The summed E-state index contributed by atoms with van der Waals surface area (Å²) in [6, 6.07) is 9.90. The van der Waals surface area contributed by atoms with Gasteiger partial charge in [0.1, 0.15) is 0 Å². The maximum atomic E-state index is 13.2. The Morgan fingerprint density at radius 2 is 1.62 bits per heavy atom. The van der Waals surface area contributed by atoms with E-state index in [1.807, 2.05) is 0 Å². The molecule has 26 heavy (non-hydrogen) atoms. The van der Waals surface area contributed by atoms with Crippen LogP contribution >= 0.6 is 0 Å². The monoisotopic (exact) mass is 360 g/mol. The van der Waals surface area contributed by atoms with Gasteiger partial charge in [0.25, 0.3) is 11.8 Å². The van der Waals surface area contributed by atoms with Gasteiger partial charge in [0.05, 0.1) is 13.2 Å². The van der Waals surface area contributed by atoms with E-state index in [1.54, 1.807) is 29.2 Å². The molecule has 1 aliphatic heterocycles. The number of ether oxygens (including phenoxy) is 1. The number of carbonyl (C=O) groups excluding carboxylic acids is 2. The van der Waals surface area contributed by atoms with Crippen molar-refractivity contribution in [3.8, 4) is 0 Å². The van der Waals surface area contributed by atoms with Gasteiger partial charge in [-0.1, -0.05) is 12.1 Å². The Morgan fingerprint density at radius 3 is 2.27 bits per heavy atom. The fourth-order valence-corrected chi connectivity index (χ4v) is 2.64. The van der Waals surface area contributed by atoms with Crippen molar-refractivity contribution in [1.82, 2.24) is 10.2 Å². The number of benzene rings is 2. The lowest BCUT2D eigenvalue weighted by atomic mass is 10.1. The Labute approximate surface area is 149 Å². The Hall–Kier alpha value is -2.80. The second kappa shape index (κ2) is 8.05. The third-order valence-corrected chi connectivity index (χ3v) is 4.13. The minimum atomic E-state index is -1.07. The van der Waals surface area contributed by atoms with E-state index in [-0.39, 0.29) is 18.0 Å². The normalized spacial score (nSPS) is 14.2. The van der Waals surface area contributed by atoms with Gasteiger partial charge in [-0.3, -0.25) is 9.59 Å². The van der Waals surface area contributed by atoms with Gasteiger partial charge in [-0.25, -0.2) is 8.78 Å². The largest absolute Gasteiger partial charge is 0.378 e. The molecule has 0 unspecified atom stereocenters. The van der Waals surface area contributed by atoms with Gasteiger partial charge in [0.2, 0.25) is 0 Å². The molecule has 0 spiro atoms. The van der Waals surface area contributed by atoms with Gasteiger partial charge in [0, 0.05) is 30.8 Å². The number of halogens is 2. The van der Waals surface area contributed by atoms with Gasteiger partial charge in [-0.05, 0) is 35.9 Å². The quantitative estimate of drug-likeness (QED) is 0.911. The number of nitrogens with zero attached hydrogens (tertiary/aromatic N) is 1. The number of morpholine rings is 1. The number of nitrogens with one attached hydrogen (secondary N) is 1. The van der Waals surface area contributed by atoms with Crippen LogP contribution in [0.25, 0.3) is 0 Å². The van der Waals surface area contributed by atoms with Crippen LogP contribution < -0.4 is 5.32 Å². The predicted molar refractivity (Wildman–Crippen MR) is 90.7 cm³/mol. The van der Waals surface area contributed by atoms with E-state index in [2.05, 4.69) is 5.32 Å². The van der Waals surface area contributed by atoms with Crippen LogP contribution in [0, 0.1) is 11.6 Å². The first-order valence-electron chi connectivity index (χ1n) is 8.24. The van der Waals surface area contributed by atoms with E-state index in [4.69, 9.17) is 4.74 Å². The third kappa shape index (κ3) is 4.23. The molecule has 0 atom stereocenters. The molecule has 1 aliphatic rings. The van der Waals surface area contributed by atoms with E-state index in [1.165, 1.54) is 6.07 Å². The maximum absolute atomic E-state index is 13.2. The van der Waals surface area contributed by atoms with Crippen LogP contribution in [-0.4, -0.2) is 43.0 Å². The molecule has 0 saturated carbocycles. The minimum Gasteiger partial charge on any atom is -0.378 e. The molecule has 0 aromatic heterocycles. The molecule has 1 fully saturated rings. The van der Waals surface area contributed by atoms with Gasteiger partial charge in [-0.15, -0.1) is 0 Å².